The van der Waals surface area contributed by atoms with Gasteiger partial charge in [-0.3, -0.25) is 4.98 Å². The molecule has 96 valence electrons. The second-order valence-electron chi connectivity index (χ2n) is 4.32. The van der Waals surface area contributed by atoms with Gasteiger partial charge in [0, 0.05) is 33.2 Å². The Hall–Kier alpha value is -0.710. The van der Waals surface area contributed by atoms with E-state index in [4.69, 9.17) is 0 Å². The van der Waals surface area contributed by atoms with Crippen molar-refractivity contribution in [2.24, 2.45) is 0 Å². The van der Waals surface area contributed by atoms with Crippen LogP contribution in [0.3, 0.4) is 0 Å². The molecule has 0 aliphatic rings. The van der Waals surface area contributed by atoms with E-state index in [-0.39, 0.29) is 0 Å². The van der Waals surface area contributed by atoms with E-state index in [1.54, 1.807) is 0 Å². The minimum absolute atomic E-state index is 0.531. The van der Waals surface area contributed by atoms with Gasteiger partial charge in [0.05, 0.1) is 0 Å². The van der Waals surface area contributed by atoms with Gasteiger partial charge >= 0.3 is 0 Å². The minimum Gasteiger partial charge on any atom is -0.317 e. The summed E-state index contributed by atoms with van der Waals surface area (Å²) in [5, 5.41) is 5.55. The number of pyridine rings is 1. The number of halogens is 1. The highest BCUT2D eigenvalue weighted by Gasteiger charge is 2.09. The first-order valence-corrected chi connectivity index (χ1v) is 7.74. The molecule has 0 saturated carbocycles. The van der Waals surface area contributed by atoms with Crippen LogP contribution in [-0.4, -0.2) is 18.1 Å². The molecule has 2 nitrogen and oxygen atoms in total. The summed E-state index contributed by atoms with van der Waals surface area (Å²) in [5.74, 6) is 0. The highest BCUT2D eigenvalue weighted by Crippen LogP contribution is 2.21. The van der Waals surface area contributed by atoms with Crippen molar-refractivity contribution in [3.8, 4) is 0 Å². The van der Waals surface area contributed by atoms with Crippen LogP contribution in [0.5, 0.6) is 0 Å². The molecule has 0 aliphatic carbocycles. The van der Waals surface area contributed by atoms with Crippen LogP contribution in [0.1, 0.15) is 16.9 Å². The highest BCUT2D eigenvalue weighted by molar-refractivity contribution is 9.10. The van der Waals surface area contributed by atoms with Gasteiger partial charge in [-0.25, -0.2) is 0 Å². The maximum Gasteiger partial charge on any atom is 0.0285 e. The molecule has 4 heteroatoms. The standard InChI is InChI=1S/C14H17BrN2S/c1-16-13(9-14-8-12(15)10-18-14)3-2-11-4-6-17-7-5-11/h4-8,10,13,16H,2-3,9H2,1H3. The molecule has 1 N–H and O–H groups in total. The number of hydrogen-bond acceptors (Lipinski definition) is 3. The largest absolute Gasteiger partial charge is 0.317 e. The first-order valence-electron chi connectivity index (χ1n) is 6.07. The maximum atomic E-state index is 4.04. The molecular formula is C14H17BrN2S. The molecule has 1 unspecified atom stereocenters. The summed E-state index contributed by atoms with van der Waals surface area (Å²) in [6.07, 6.45) is 7.06. The second kappa shape index (κ2) is 7.02. The molecule has 1 atom stereocenters. The average molecular weight is 325 g/mol. The molecule has 0 amide bonds. The first kappa shape index (κ1) is 13.7. The fraction of sp³-hybridized carbons (Fsp3) is 0.357. The summed E-state index contributed by atoms with van der Waals surface area (Å²) in [7, 11) is 2.04. The van der Waals surface area contributed by atoms with Crippen LogP contribution >= 0.6 is 27.3 Å². The second-order valence-corrected chi connectivity index (χ2v) is 6.23. The number of aryl methyl sites for hydroxylation is 1. The summed E-state index contributed by atoms with van der Waals surface area (Å²) in [4.78, 5) is 5.47. The lowest BCUT2D eigenvalue weighted by Crippen LogP contribution is -2.27. The lowest BCUT2D eigenvalue weighted by molar-refractivity contribution is 0.523. The van der Waals surface area contributed by atoms with E-state index < -0.39 is 0 Å². The third-order valence-electron chi connectivity index (χ3n) is 3.01. The fourth-order valence-electron chi connectivity index (χ4n) is 1.94. The van der Waals surface area contributed by atoms with Crippen LogP contribution in [0.4, 0.5) is 0 Å². The molecule has 0 bridgehead atoms. The number of likely N-dealkylation sites (N-methyl/N-ethyl adjacent to an activating group) is 1. The lowest BCUT2D eigenvalue weighted by atomic mass is 10.0. The Morgan fingerprint density at radius 2 is 2.17 bits per heavy atom. The van der Waals surface area contributed by atoms with Crippen LogP contribution in [-0.2, 0) is 12.8 Å². The van der Waals surface area contributed by atoms with Gasteiger partial charge in [-0.15, -0.1) is 11.3 Å². The quantitative estimate of drug-likeness (QED) is 0.876. The molecule has 0 aromatic carbocycles. The monoisotopic (exact) mass is 324 g/mol. The predicted octanol–water partition coefficient (Wildman–Crippen LogP) is 3.67. The molecule has 0 radical (unpaired) electrons. The van der Waals surface area contributed by atoms with Crippen LogP contribution < -0.4 is 5.32 Å². The van der Waals surface area contributed by atoms with Gasteiger partial charge < -0.3 is 5.32 Å². The molecule has 0 saturated heterocycles. The summed E-state index contributed by atoms with van der Waals surface area (Å²) < 4.78 is 1.19. The Morgan fingerprint density at radius 1 is 1.39 bits per heavy atom. The molecule has 0 fully saturated rings. The lowest BCUT2D eigenvalue weighted by Gasteiger charge is -2.15. The summed E-state index contributed by atoms with van der Waals surface area (Å²) in [6.45, 7) is 0. The average Bonchev–Trinajstić information content (AvgIpc) is 2.81. The molecule has 2 heterocycles. The van der Waals surface area contributed by atoms with Gasteiger partial charge in [0.1, 0.15) is 0 Å². The van der Waals surface area contributed by atoms with Crippen molar-refractivity contribution in [2.75, 3.05) is 7.05 Å². The Morgan fingerprint density at radius 3 is 2.78 bits per heavy atom. The van der Waals surface area contributed by atoms with Crippen molar-refractivity contribution < 1.29 is 0 Å². The topological polar surface area (TPSA) is 24.9 Å². The van der Waals surface area contributed by atoms with Gasteiger partial charge in [-0.05, 0) is 66.0 Å². The van der Waals surface area contributed by atoms with Crippen molar-refractivity contribution in [3.05, 3.63) is 50.9 Å². The summed E-state index contributed by atoms with van der Waals surface area (Å²) >= 11 is 5.32. The Balaban J connectivity index is 1.86. The predicted molar refractivity (Wildman–Crippen MR) is 81.1 cm³/mol. The third-order valence-corrected chi connectivity index (χ3v) is 4.73. The number of nitrogens with zero attached hydrogens (tertiary/aromatic N) is 1. The molecule has 0 aliphatic heterocycles. The molecule has 2 aromatic rings. The van der Waals surface area contributed by atoms with Gasteiger partial charge in [0.15, 0.2) is 0 Å². The molecule has 2 rings (SSSR count). The van der Waals surface area contributed by atoms with Crippen molar-refractivity contribution in [1.29, 1.82) is 0 Å². The van der Waals surface area contributed by atoms with Crippen molar-refractivity contribution in [3.63, 3.8) is 0 Å². The number of nitrogens with one attached hydrogen (secondary N) is 1. The van der Waals surface area contributed by atoms with Gasteiger partial charge in [0.25, 0.3) is 0 Å². The normalized spacial score (nSPS) is 12.6. The fourth-order valence-corrected chi connectivity index (χ4v) is 3.48. The molecular weight excluding hydrogens is 308 g/mol. The maximum absolute atomic E-state index is 4.04. The van der Waals surface area contributed by atoms with E-state index in [0.29, 0.717) is 6.04 Å². The van der Waals surface area contributed by atoms with Crippen LogP contribution in [0.25, 0.3) is 0 Å². The Kier molecular flexibility index (Phi) is 5.35. The Labute approximate surface area is 121 Å². The smallest absolute Gasteiger partial charge is 0.0285 e. The van der Waals surface area contributed by atoms with E-state index >= 15 is 0 Å². The number of rotatable bonds is 6. The Bertz CT molecular complexity index is 470. The summed E-state index contributed by atoms with van der Waals surface area (Å²) in [6, 6.07) is 6.92. The zero-order valence-electron chi connectivity index (χ0n) is 10.4. The molecule has 18 heavy (non-hydrogen) atoms. The van der Waals surface area contributed by atoms with Crippen molar-refractivity contribution >= 4 is 27.3 Å². The van der Waals surface area contributed by atoms with Gasteiger partial charge in [-0.1, -0.05) is 0 Å². The zero-order valence-corrected chi connectivity index (χ0v) is 12.8. The minimum atomic E-state index is 0.531. The van der Waals surface area contributed by atoms with Crippen LogP contribution in [0.2, 0.25) is 0 Å². The number of aromatic nitrogens is 1. The van der Waals surface area contributed by atoms with Crippen LogP contribution in [0.15, 0.2) is 40.4 Å². The van der Waals surface area contributed by atoms with E-state index in [1.165, 1.54) is 14.9 Å². The van der Waals surface area contributed by atoms with Crippen molar-refractivity contribution in [2.45, 2.75) is 25.3 Å². The highest BCUT2D eigenvalue weighted by atomic mass is 79.9. The molecule has 2 aromatic heterocycles. The SMILES string of the molecule is CNC(CCc1ccncc1)Cc1cc(Br)cs1. The summed E-state index contributed by atoms with van der Waals surface area (Å²) in [5.41, 5.74) is 1.36. The van der Waals surface area contributed by atoms with Gasteiger partial charge in [0.2, 0.25) is 0 Å². The van der Waals surface area contributed by atoms with Crippen molar-refractivity contribution in [1.82, 2.24) is 10.3 Å². The van der Waals surface area contributed by atoms with Gasteiger partial charge in [-0.2, -0.15) is 0 Å². The van der Waals surface area contributed by atoms with E-state index in [1.807, 2.05) is 30.8 Å². The van der Waals surface area contributed by atoms with E-state index in [9.17, 15) is 0 Å². The molecule has 0 spiro atoms. The number of hydrogen-bond donors (Lipinski definition) is 1. The van der Waals surface area contributed by atoms with E-state index in [0.717, 1.165) is 19.3 Å². The third kappa shape index (κ3) is 4.19. The zero-order chi connectivity index (χ0) is 12.8. The van der Waals surface area contributed by atoms with Crippen LogP contribution in [0, 0.1) is 0 Å². The van der Waals surface area contributed by atoms with E-state index in [2.05, 4.69) is 49.8 Å². The number of thiophene rings is 1. The first-order chi connectivity index (χ1) is 8.78.